The summed E-state index contributed by atoms with van der Waals surface area (Å²) in [6.45, 7) is 5.46. The molecule has 0 unspecified atom stereocenters. The van der Waals surface area contributed by atoms with E-state index in [9.17, 15) is 4.79 Å². The number of aromatic nitrogens is 1. The van der Waals surface area contributed by atoms with Crippen LogP contribution in [0.25, 0.3) is 0 Å². The van der Waals surface area contributed by atoms with Crippen LogP contribution >= 0.6 is 0 Å². The van der Waals surface area contributed by atoms with E-state index in [0.29, 0.717) is 24.7 Å². The molecule has 0 spiro atoms. The van der Waals surface area contributed by atoms with Crippen molar-refractivity contribution >= 4 is 17.6 Å². The smallest absolute Gasteiger partial charge is 0.246 e. The topological polar surface area (TPSA) is 87.6 Å². The monoisotopic (exact) mass is 369 g/mol. The molecule has 7 nitrogen and oxygen atoms in total. The molecule has 144 valence electrons. The highest BCUT2D eigenvalue weighted by Gasteiger charge is 2.05. The van der Waals surface area contributed by atoms with Crippen LogP contribution in [0, 0.1) is 6.92 Å². The number of aliphatic imine (C=N–C) groups is 1. The van der Waals surface area contributed by atoms with Crippen molar-refractivity contribution in [1.82, 2.24) is 15.6 Å². The van der Waals surface area contributed by atoms with Gasteiger partial charge in [-0.2, -0.15) is 0 Å². The molecule has 0 aliphatic carbocycles. The van der Waals surface area contributed by atoms with Crippen LogP contribution in [0.15, 0.2) is 47.7 Å². The Hall–Kier alpha value is -3.09. The maximum Gasteiger partial charge on any atom is 0.246 e. The number of benzene rings is 1. The Morgan fingerprint density at radius 2 is 2.11 bits per heavy atom. The molecule has 0 aliphatic rings. The van der Waals surface area contributed by atoms with Crippen molar-refractivity contribution in [3.05, 3.63) is 53.9 Å². The summed E-state index contributed by atoms with van der Waals surface area (Å²) < 4.78 is 5.41. The van der Waals surface area contributed by atoms with E-state index in [0.717, 1.165) is 17.7 Å². The highest BCUT2D eigenvalue weighted by Crippen LogP contribution is 2.19. The van der Waals surface area contributed by atoms with Crippen LogP contribution in [0.3, 0.4) is 0 Å². The molecule has 1 amide bonds. The molecule has 2 rings (SSSR count). The van der Waals surface area contributed by atoms with Gasteiger partial charge in [0.05, 0.1) is 19.0 Å². The first-order valence-corrected chi connectivity index (χ1v) is 8.98. The summed E-state index contributed by atoms with van der Waals surface area (Å²) >= 11 is 0. The first-order valence-electron chi connectivity index (χ1n) is 8.98. The number of hydrogen-bond donors (Lipinski definition) is 3. The fourth-order valence-electron chi connectivity index (χ4n) is 2.55. The van der Waals surface area contributed by atoms with Crippen LogP contribution in [0.5, 0.6) is 5.75 Å². The number of aryl methyl sites for hydroxylation is 1. The molecule has 27 heavy (non-hydrogen) atoms. The van der Waals surface area contributed by atoms with Crippen molar-refractivity contribution in [3.63, 3.8) is 0 Å². The molecule has 7 heteroatoms. The Balaban J connectivity index is 1.88. The zero-order chi connectivity index (χ0) is 19.5. The number of hydrogen-bond acceptors (Lipinski definition) is 4. The second kappa shape index (κ2) is 10.8. The van der Waals surface area contributed by atoms with E-state index in [2.05, 4.69) is 38.9 Å². The number of rotatable bonds is 8. The molecule has 0 saturated carbocycles. The minimum absolute atomic E-state index is 0.0258. The van der Waals surface area contributed by atoms with E-state index in [1.54, 1.807) is 31.6 Å². The third-order valence-electron chi connectivity index (χ3n) is 3.79. The van der Waals surface area contributed by atoms with Crippen molar-refractivity contribution in [2.75, 3.05) is 32.1 Å². The van der Waals surface area contributed by atoms with Crippen LogP contribution in [-0.4, -0.2) is 43.6 Å². The molecule has 1 heterocycles. The van der Waals surface area contributed by atoms with Gasteiger partial charge >= 0.3 is 0 Å². The number of nitrogens with one attached hydrogen (secondary N) is 3. The standard InChI is InChI=1S/C20H27N5O2/c1-4-22-20(24-14-19(26)25-17-6-5-10-21-13-17)23-11-9-16-12-15(2)7-8-18(16)27-3/h5-8,10,12-13H,4,9,11,14H2,1-3H3,(H,25,26)(H2,22,23,24). The van der Waals surface area contributed by atoms with Crippen molar-refractivity contribution < 1.29 is 9.53 Å². The molecule has 0 fully saturated rings. The van der Waals surface area contributed by atoms with E-state index in [1.165, 1.54) is 5.56 Å². The van der Waals surface area contributed by atoms with E-state index in [4.69, 9.17) is 4.74 Å². The van der Waals surface area contributed by atoms with Crippen LogP contribution in [0.4, 0.5) is 5.69 Å². The van der Waals surface area contributed by atoms with Gasteiger partial charge < -0.3 is 20.7 Å². The molecule has 0 aliphatic heterocycles. The van der Waals surface area contributed by atoms with Gasteiger partial charge in [-0.15, -0.1) is 0 Å². The predicted molar refractivity (Wildman–Crippen MR) is 108 cm³/mol. The van der Waals surface area contributed by atoms with Crippen LogP contribution in [0.2, 0.25) is 0 Å². The summed E-state index contributed by atoms with van der Waals surface area (Å²) in [6.07, 6.45) is 4.04. The minimum Gasteiger partial charge on any atom is -0.496 e. The lowest BCUT2D eigenvalue weighted by Gasteiger charge is -2.13. The molecule has 1 aromatic carbocycles. The fourth-order valence-corrected chi connectivity index (χ4v) is 2.55. The zero-order valence-corrected chi connectivity index (χ0v) is 16.1. The lowest BCUT2D eigenvalue weighted by Crippen LogP contribution is -2.39. The molecular weight excluding hydrogens is 342 g/mol. The summed E-state index contributed by atoms with van der Waals surface area (Å²) in [5.74, 6) is 1.28. The van der Waals surface area contributed by atoms with Crippen LogP contribution in [0.1, 0.15) is 18.1 Å². The van der Waals surface area contributed by atoms with Gasteiger partial charge in [0.2, 0.25) is 5.91 Å². The van der Waals surface area contributed by atoms with Gasteiger partial charge in [-0.1, -0.05) is 17.7 Å². The van der Waals surface area contributed by atoms with E-state index in [1.807, 2.05) is 19.1 Å². The lowest BCUT2D eigenvalue weighted by molar-refractivity contribution is -0.114. The van der Waals surface area contributed by atoms with Gasteiger partial charge in [0.25, 0.3) is 0 Å². The molecule has 0 bridgehead atoms. The third-order valence-corrected chi connectivity index (χ3v) is 3.79. The molecule has 0 atom stereocenters. The number of pyridine rings is 1. The van der Waals surface area contributed by atoms with E-state index in [-0.39, 0.29) is 12.5 Å². The van der Waals surface area contributed by atoms with E-state index < -0.39 is 0 Å². The van der Waals surface area contributed by atoms with Crippen LogP contribution < -0.4 is 20.7 Å². The number of amides is 1. The summed E-state index contributed by atoms with van der Waals surface area (Å²) in [6, 6.07) is 9.68. The van der Waals surface area contributed by atoms with Crippen molar-refractivity contribution in [1.29, 1.82) is 0 Å². The van der Waals surface area contributed by atoms with Gasteiger partial charge in [0.15, 0.2) is 5.96 Å². The zero-order valence-electron chi connectivity index (χ0n) is 16.1. The first-order chi connectivity index (χ1) is 13.1. The highest BCUT2D eigenvalue weighted by molar-refractivity contribution is 5.93. The number of carbonyl (C=O) groups excluding carboxylic acids is 1. The predicted octanol–water partition coefficient (Wildman–Crippen LogP) is 2.13. The second-order valence-electron chi connectivity index (χ2n) is 5.98. The minimum atomic E-state index is -0.194. The summed E-state index contributed by atoms with van der Waals surface area (Å²) in [7, 11) is 1.67. The average Bonchev–Trinajstić information content (AvgIpc) is 2.67. The van der Waals surface area contributed by atoms with Crippen molar-refractivity contribution in [3.8, 4) is 5.75 Å². The Morgan fingerprint density at radius 3 is 2.81 bits per heavy atom. The number of ether oxygens (including phenoxy) is 1. The normalized spacial score (nSPS) is 11.0. The lowest BCUT2D eigenvalue weighted by atomic mass is 10.1. The quantitative estimate of drug-likeness (QED) is 0.490. The third kappa shape index (κ3) is 6.97. The number of guanidine groups is 1. The summed E-state index contributed by atoms with van der Waals surface area (Å²) in [5, 5.41) is 9.16. The van der Waals surface area contributed by atoms with Gasteiger partial charge in [-0.3, -0.25) is 9.78 Å². The van der Waals surface area contributed by atoms with Gasteiger partial charge in [-0.25, -0.2) is 4.99 Å². The fraction of sp³-hybridized carbons (Fsp3) is 0.350. The molecule has 0 radical (unpaired) electrons. The maximum atomic E-state index is 12.0. The van der Waals surface area contributed by atoms with Gasteiger partial charge in [0, 0.05) is 19.3 Å². The van der Waals surface area contributed by atoms with Gasteiger partial charge in [0.1, 0.15) is 12.3 Å². The summed E-state index contributed by atoms with van der Waals surface area (Å²) in [4.78, 5) is 20.3. The molecule has 3 N–H and O–H groups in total. The maximum absolute atomic E-state index is 12.0. The number of methoxy groups -OCH3 is 1. The Kier molecular flexibility index (Phi) is 8.09. The number of nitrogens with zero attached hydrogens (tertiary/aromatic N) is 2. The summed E-state index contributed by atoms with van der Waals surface area (Å²) in [5.41, 5.74) is 2.98. The molecule has 0 saturated heterocycles. The average molecular weight is 369 g/mol. The van der Waals surface area contributed by atoms with Crippen molar-refractivity contribution in [2.45, 2.75) is 20.3 Å². The van der Waals surface area contributed by atoms with E-state index >= 15 is 0 Å². The SMILES string of the molecule is CCNC(=NCC(=O)Nc1cccnc1)NCCc1cc(C)ccc1OC. The molecule has 2 aromatic rings. The molecule has 1 aromatic heterocycles. The Labute approximate surface area is 160 Å². The number of anilines is 1. The first kappa shape index (κ1) is 20.2. The molecular formula is C20H27N5O2. The Bertz CT molecular complexity index is 762. The van der Waals surface area contributed by atoms with Crippen molar-refractivity contribution in [2.24, 2.45) is 4.99 Å². The second-order valence-corrected chi connectivity index (χ2v) is 5.98. The largest absolute Gasteiger partial charge is 0.496 e. The highest BCUT2D eigenvalue weighted by atomic mass is 16.5. The van der Waals surface area contributed by atoms with Gasteiger partial charge in [-0.05, 0) is 44.0 Å². The Morgan fingerprint density at radius 1 is 1.26 bits per heavy atom. The van der Waals surface area contributed by atoms with Crippen LogP contribution in [-0.2, 0) is 11.2 Å². The number of carbonyl (C=O) groups is 1.